The van der Waals surface area contributed by atoms with E-state index in [1.807, 2.05) is 0 Å². The molecule has 5 nitrogen and oxygen atoms in total. The lowest BCUT2D eigenvalue weighted by atomic mass is 10.2. The van der Waals surface area contributed by atoms with E-state index >= 15 is 0 Å². The molecule has 0 aromatic carbocycles. The molecule has 0 spiro atoms. The summed E-state index contributed by atoms with van der Waals surface area (Å²) in [6.45, 7) is 0. The Labute approximate surface area is 74.3 Å². The van der Waals surface area contributed by atoms with E-state index in [4.69, 9.17) is 5.11 Å². The molecule has 5 heteroatoms. The highest BCUT2D eigenvalue weighted by Gasteiger charge is 2.13. The largest absolute Gasteiger partial charge is 0.478 e. The molecule has 0 aliphatic rings. The normalized spacial score (nSPS) is 9.62. The van der Waals surface area contributed by atoms with Gasteiger partial charge in [-0.25, -0.2) is 4.79 Å². The number of nitrogens with one attached hydrogen (secondary N) is 1. The van der Waals surface area contributed by atoms with Crippen LogP contribution in [-0.4, -0.2) is 29.1 Å². The minimum atomic E-state index is -1.06. The highest BCUT2D eigenvalue weighted by atomic mass is 16.5. The van der Waals surface area contributed by atoms with Crippen molar-refractivity contribution in [1.82, 2.24) is 4.98 Å². The number of carbonyl (C=O) groups is 2. The minimum Gasteiger partial charge on any atom is -0.478 e. The molecule has 0 saturated heterocycles. The molecule has 70 valence electrons. The topological polar surface area (TPSA) is 79.4 Å². The van der Waals surface area contributed by atoms with Gasteiger partial charge in [-0.15, -0.1) is 0 Å². The molecule has 1 aromatic heterocycles. The van der Waals surface area contributed by atoms with Crippen LogP contribution in [0, 0.1) is 0 Å². The molecule has 0 atom stereocenters. The highest BCUT2D eigenvalue weighted by molar-refractivity contribution is 5.90. The minimum absolute atomic E-state index is 0.0505. The van der Waals surface area contributed by atoms with Crippen molar-refractivity contribution in [2.75, 3.05) is 7.11 Å². The molecule has 1 heterocycles. The molecule has 0 aliphatic carbocycles. The van der Waals surface area contributed by atoms with Gasteiger partial charge in [-0.3, -0.25) is 4.79 Å². The molecule has 0 amide bonds. The summed E-state index contributed by atoms with van der Waals surface area (Å²) in [6, 6.07) is 1.40. The van der Waals surface area contributed by atoms with Crippen molar-refractivity contribution in [3.63, 3.8) is 0 Å². The van der Waals surface area contributed by atoms with Crippen molar-refractivity contribution >= 4 is 11.9 Å². The molecule has 0 saturated carbocycles. The average Bonchev–Trinajstić information content (AvgIpc) is 2.52. The van der Waals surface area contributed by atoms with Crippen LogP contribution in [0.2, 0.25) is 0 Å². The number of aromatic carboxylic acids is 1. The standard InChI is InChI=1S/C8H9NO4/c1-13-7(10)4-6-5(8(11)12)2-3-9-6/h2-3,9H,4H2,1H3,(H,11,12). The fourth-order valence-electron chi connectivity index (χ4n) is 0.967. The van der Waals surface area contributed by atoms with Crippen molar-refractivity contribution in [2.45, 2.75) is 6.42 Å². The Morgan fingerprint density at radius 1 is 1.62 bits per heavy atom. The third-order valence-electron chi connectivity index (χ3n) is 1.61. The van der Waals surface area contributed by atoms with Crippen LogP contribution in [0.15, 0.2) is 12.3 Å². The van der Waals surface area contributed by atoms with E-state index in [-0.39, 0.29) is 12.0 Å². The van der Waals surface area contributed by atoms with Crippen LogP contribution in [-0.2, 0) is 16.0 Å². The van der Waals surface area contributed by atoms with E-state index < -0.39 is 11.9 Å². The number of carbonyl (C=O) groups excluding carboxylic acids is 1. The van der Waals surface area contributed by atoms with Crippen LogP contribution in [0.4, 0.5) is 0 Å². The van der Waals surface area contributed by atoms with E-state index in [9.17, 15) is 9.59 Å². The number of aromatic amines is 1. The van der Waals surface area contributed by atoms with Crippen LogP contribution < -0.4 is 0 Å². The lowest BCUT2D eigenvalue weighted by Gasteiger charge is -1.98. The van der Waals surface area contributed by atoms with Gasteiger partial charge in [0, 0.05) is 11.9 Å². The van der Waals surface area contributed by atoms with Gasteiger partial charge >= 0.3 is 11.9 Å². The predicted octanol–water partition coefficient (Wildman–Crippen LogP) is 0.428. The number of ether oxygens (including phenoxy) is 1. The first kappa shape index (κ1) is 9.31. The number of methoxy groups -OCH3 is 1. The van der Waals surface area contributed by atoms with Gasteiger partial charge in [0.1, 0.15) is 0 Å². The second-order valence-electron chi connectivity index (χ2n) is 2.43. The molecule has 0 radical (unpaired) electrons. The fourth-order valence-corrected chi connectivity index (χ4v) is 0.967. The van der Waals surface area contributed by atoms with Crippen LogP contribution in [0.5, 0.6) is 0 Å². The summed E-state index contributed by atoms with van der Waals surface area (Å²) >= 11 is 0. The van der Waals surface area contributed by atoms with Crippen molar-refractivity contribution in [1.29, 1.82) is 0 Å². The molecular weight excluding hydrogens is 174 g/mol. The van der Waals surface area contributed by atoms with Crippen LogP contribution in [0.25, 0.3) is 0 Å². The van der Waals surface area contributed by atoms with Gasteiger partial charge < -0.3 is 14.8 Å². The number of aromatic nitrogens is 1. The molecule has 0 aliphatic heterocycles. The lowest BCUT2D eigenvalue weighted by Crippen LogP contribution is -2.08. The van der Waals surface area contributed by atoms with Gasteiger partial charge in [-0.2, -0.15) is 0 Å². The summed E-state index contributed by atoms with van der Waals surface area (Å²) in [6.07, 6.45) is 1.42. The third-order valence-corrected chi connectivity index (χ3v) is 1.61. The number of esters is 1. The van der Waals surface area contributed by atoms with E-state index in [0.29, 0.717) is 5.69 Å². The van der Waals surface area contributed by atoms with E-state index in [0.717, 1.165) is 0 Å². The molecular formula is C8H9NO4. The average molecular weight is 183 g/mol. The summed E-state index contributed by atoms with van der Waals surface area (Å²) < 4.78 is 4.41. The van der Waals surface area contributed by atoms with Crippen LogP contribution >= 0.6 is 0 Å². The molecule has 2 N–H and O–H groups in total. The second-order valence-corrected chi connectivity index (χ2v) is 2.43. The summed E-state index contributed by atoms with van der Waals surface area (Å²) in [4.78, 5) is 24.1. The first-order valence-corrected chi connectivity index (χ1v) is 3.61. The number of carboxylic acid groups (broad SMARTS) is 1. The Morgan fingerprint density at radius 3 is 2.85 bits per heavy atom. The smallest absolute Gasteiger partial charge is 0.337 e. The van der Waals surface area contributed by atoms with Crippen molar-refractivity contribution in [2.24, 2.45) is 0 Å². The Kier molecular flexibility index (Phi) is 2.69. The maximum Gasteiger partial charge on any atom is 0.337 e. The Bertz CT molecular complexity index is 329. The zero-order valence-corrected chi connectivity index (χ0v) is 7.03. The Hall–Kier alpha value is -1.78. The van der Waals surface area contributed by atoms with E-state index in [1.54, 1.807) is 0 Å². The zero-order valence-electron chi connectivity index (χ0n) is 7.03. The highest BCUT2D eigenvalue weighted by Crippen LogP contribution is 2.07. The molecule has 0 fully saturated rings. The number of hydrogen-bond acceptors (Lipinski definition) is 3. The number of carboxylic acids is 1. The molecule has 0 unspecified atom stereocenters. The first-order valence-electron chi connectivity index (χ1n) is 3.61. The maximum atomic E-state index is 10.8. The maximum absolute atomic E-state index is 10.8. The van der Waals surface area contributed by atoms with Gasteiger partial charge in [0.15, 0.2) is 0 Å². The zero-order chi connectivity index (χ0) is 9.84. The summed E-state index contributed by atoms with van der Waals surface area (Å²) in [7, 11) is 1.26. The predicted molar refractivity (Wildman–Crippen MR) is 43.5 cm³/mol. The molecule has 1 rings (SSSR count). The van der Waals surface area contributed by atoms with Crippen molar-refractivity contribution < 1.29 is 19.4 Å². The summed E-state index contributed by atoms with van der Waals surface area (Å²) in [5, 5.41) is 8.67. The van der Waals surface area contributed by atoms with Gasteiger partial charge in [0.05, 0.1) is 19.1 Å². The van der Waals surface area contributed by atoms with Gasteiger partial charge in [0.2, 0.25) is 0 Å². The summed E-state index contributed by atoms with van der Waals surface area (Å²) in [5.41, 5.74) is 0.463. The van der Waals surface area contributed by atoms with Crippen LogP contribution in [0.1, 0.15) is 16.1 Å². The van der Waals surface area contributed by atoms with Gasteiger partial charge in [-0.05, 0) is 6.07 Å². The fraction of sp³-hybridized carbons (Fsp3) is 0.250. The third kappa shape index (κ3) is 2.08. The molecule has 0 bridgehead atoms. The SMILES string of the molecule is COC(=O)Cc1[nH]ccc1C(=O)O. The lowest BCUT2D eigenvalue weighted by molar-refractivity contribution is -0.139. The Morgan fingerprint density at radius 2 is 2.31 bits per heavy atom. The van der Waals surface area contributed by atoms with E-state index in [1.165, 1.54) is 19.4 Å². The van der Waals surface area contributed by atoms with Crippen LogP contribution in [0.3, 0.4) is 0 Å². The van der Waals surface area contributed by atoms with Crippen molar-refractivity contribution in [3.05, 3.63) is 23.5 Å². The van der Waals surface area contributed by atoms with Crippen molar-refractivity contribution in [3.8, 4) is 0 Å². The number of hydrogen-bond donors (Lipinski definition) is 2. The summed E-state index contributed by atoms with van der Waals surface area (Å²) in [5.74, 6) is -1.52. The Balaban J connectivity index is 2.82. The number of rotatable bonds is 3. The van der Waals surface area contributed by atoms with E-state index in [2.05, 4.69) is 9.72 Å². The number of H-pyrrole nitrogens is 1. The molecule has 1 aromatic rings. The quantitative estimate of drug-likeness (QED) is 0.666. The molecule has 13 heavy (non-hydrogen) atoms. The second kappa shape index (κ2) is 3.75. The van der Waals surface area contributed by atoms with Gasteiger partial charge in [0.25, 0.3) is 0 Å². The van der Waals surface area contributed by atoms with Gasteiger partial charge in [-0.1, -0.05) is 0 Å². The monoisotopic (exact) mass is 183 g/mol. The first-order chi connectivity index (χ1) is 6.15.